The molecule has 1 amide bonds. The molecule has 0 unspecified atom stereocenters. The maximum atomic E-state index is 11.8. The van der Waals surface area contributed by atoms with E-state index >= 15 is 0 Å². The van der Waals surface area contributed by atoms with E-state index in [9.17, 15) is 4.79 Å². The molecule has 0 aliphatic rings. The van der Waals surface area contributed by atoms with Gasteiger partial charge in [-0.1, -0.05) is 29.8 Å². The Morgan fingerprint density at radius 1 is 1.33 bits per heavy atom. The molecule has 0 saturated heterocycles. The van der Waals surface area contributed by atoms with Gasteiger partial charge in [-0.2, -0.15) is 0 Å². The topological polar surface area (TPSA) is 68.0 Å². The summed E-state index contributed by atoms with van der Waals surface area (Å²) < 4.78 is 0. The van der Waals surface area contributed by atoms with Crippen molar-refractivity contribution in [2.45, 2.75) is 13.5 Å². The Bertz CT molecular complexity index is 549. The van der Waals surface area contributed by atoms with Gasteiger partial charge in [0.15, 0.2) is 0 Å². The quantitative estimate of drug-likeness (QED) is 0.862. The summed E-state index contributed by atoms with van der Waals surface area (Å²) in [6.07, 6.45) is 1.47. The highest BCUT2D eigenvalue weighted by Crippen LogP contribution is 2.05. The first kappa shape index (κ1) is 12.1. The number of carbonyl (C=O) groups excluding carboxylic acids is 1. The number of aromatic nitrogens is 1. The van der Waals surface area contributed by atoms with Gasteiger partial charge in [-0.3, -0.25) is 4.79 Å². The first-order valence-electron chi connectivity index (χ1n) is 5.70. The standard InChI is InChI=1S/C14H15N3O/c1-10-3-2-4-11(7-10)8-17-14(18)12-5-6-13(15)16-9-12/h2-7,9H,8H2,1H3,(H2,15,16)(H,17,18). The summed E-state index contributed by atoms with van der Waals surface area (Å²) in [5.74, 6) is 0.259. The molecule has 1 aromatic heterocycles. The monoisotopic (exact) mass is 241 g/mol. The van der Waals surface area contributed by atoms with Crippen LogP contribution in [0.15, 0.2) is 42.6 Å². The summed E-state index contributed by atoms with van der Waals surface area (Å²) in [6.45, 7) is 2.53. The molecule has 0 radical (unpaired) electrons. The molecule has 0 fully saturated rings. The minimum atomic E-state index is -0.149. The molecule has 2 rings (SSSR count). The Balaban J connectivity index is 1.98. The van der Waals surface area contributed by atoms with Crippen LogP contribution in [0.5, 0.6) is 0 Å². The highest BCUT2D eigenvalue weighted by Gasteiger charge is 2.05. The summed E-state index contributed by atoms with van der Waals surface area (Å²) in [7, 11) is 0. The third-order valence-electron chi connectivity index (χ3n) is 2.58. The van der Waals surface area contributed by atoms with Gasteiger partial charge in [0, 0.05) is 12.7 Å². The van der Waals surface area contributed by atoms with Crippen LogP contribution in [0.4, 0.5) is 5.82 Å². The smallest absolute Gasteiger partial charge is 0.253 e. The Kier molecular flexibility index (Phi) is 3.57. The zero-order valence-corrected chi connectivity index (χ0v) is 10.2. The van der Waals surface area contributed by atoms with Crippen molar-refractivity contribution in [2.24, 2.45) is 0 Å². The zero-order valence-electron chi connectivity index (χ0n) is 10.2. The van der Waals surface area contributed by atoms with Gasteiger partial charge in [0.1, 0.15) is 5.82 Å². The summed E-state index contributed by atoms with van der Waals surface area (Å²) in [5, 5.41) is 2.84. The molecule has 0 atom stereocenters. The van der Waals surface area contributed by atoms with E-state index in [0.717, 1.165) is 5.56 Å². The maximum absolute atomic E-state index is 11.8. The highest BCUT2D eigenvalue weighted by atomic mass is 16.1. The summed E-state index contributed by atoms with van der Waals surface area (Å²) in [4.78, 5) is 15.7. The summed E-state index contributed by atoms with van der Waals surface area (Å²) in [5.41, 5.74) is 8.23. The van der Waals surface area contributed by atoms with Crippen LogP contribution < -0.4 is 11.1 Å². The Labute approximate surface area is 106 Å². The second-order valence-electron chi connectivity index (χ2n) is 4.14. The maximum Gasteiger partial charge on any atom is 0.253 e. The van der Waals surface area contributed by atoms with Gasteiger partial charge >= 0.3 is 0 Å². The molecule has 2 aromatic rings. The summed E-state index contributed by atoms with van der Waals surface area (Å²) in [6, 6.07) is 11.3. The van der Waals surface area contributed by atoms with Crippen LogP contribution in [0.1, 0.15) is 21.5 Å². The molecule has 4 heteroatoms. The minimum Gasteiger partial charge on any atom is -0.384 e. The van der Waals surface area contributed by atoms with Gasteiger partial charge in [0.2, 0.25) is 0 Å². The molecule has 0 bridgehead atoms. The molecule has 3 N–H and O–H groups in total. The second-order valence-corrected chi connectivity index (χ2v) is 4.14. The molecule has 1 aromatic carbocycles. The van der Waals surface area contributed by atoms with Crippen LogP contribution >= 0.6 is 0 Å². The largest absolute Gasteiger partial charge is 0.384 e. The number of benzene rings is 1. The van der Waals surface area contributed by atoms with Gasteiger partial charge in [-0.25, -0.2) is 4.98 Å². The summed E-state index contributed by atoms with van der Waals surface area (Å²) >= 11 is 0. The number of aryl methyl sites for hydroxylation is 1. The van der Waals surface area contributed by atoms with Crippen LogP contribution in [0.2, 0.25) is 0 Å². The third kappa shape index (κ3) is 3.07. The molecule has 18 heavy (non-hydrogen) atoms. The number of nitrogens with zero attached hydrogens (tertiary/aromatic N) is 1. The predicted molar refractivity (Wildman–Crippen MR) is 71.0 cm³/mol. The highest BCUT2D eigenvalue weighted by molar-refractivity contribution is 5.93. The van der Waals surface area contributed by atoms with Gasteiger partial charge in [-0.05, 0) is 24.6 Å². The van der Waals surface area contributed by atoms with Crippen molar-refractivity contribution in [3.63, 3.8) is 0 Å². The van der Waals surface area contributed by atoms with Crippen LogP contribution in [-0.2, 0) is 6.54 Å². The van der Waals surface area contributed by atoms with Crippen molar-refractivity contribution in [2.75, 3.05) is 5.73 Å². The average Bonchev–Trinajstić information content (AvgIpc) is 2.37. The average molecular weight is 241 g/mol. The number of amides is 1. The van der Waals surface area contributed by atoms with E-state index in [-0.39, 0.29) is 5.91 Å². The lowest BCUT2D eigenvalue weighted by atomic mass is 10.1. The number of nitrogen functional groups attached to an aromatic ring is 1. The van der Waals surface area contributed by atoms with Gasteiger partial charge in [0.05, 0.1) is 5.56 Å². The molecule has 0 aliphatic carbocycles. The Morgan fingerprint density at radius 2 is 2.17 bits per heavy atom. The Hall–Kier alpha value is -2.36. The van der Waals surface area contributed by atoms with Crippen molar-refractivity contribution < 1.29 is 4.79 Å². The first-order chi connectivity index (χ1) is 8.65. The van der Waals surface area contributed by atoms with Gasteiger partial charge in [-0.15, -0.1) is 0 Å². The second kappa shape index (κ2) is 5.31. The van der Waals surface area contributed by atoms with Crippen molar-refractivity contribution in [1.29, 1.82) is 0 Å². The van der Waals surface area contributed by atoms with E-state index in [1.807, 2.05) is 31.2 Å². The fourth-order valence-electron chi connectivity index (χ4n) is 1.65. The molecule has 0 spiro atoms. The van der Waals surface area contributed by atoms with Crippen molar-refractivity contribution in [1.82, 2.24) is 10.3 Å². The van der Waals surface area contributed by atoms with E-state index in [0.29, 0.717) is 17.9 Å². The van der Waals surface area contributed by atoms with Gasteiger partial charge < -0.3 is 11.1 Å². The van der Waals surface area contributed by atoms with Gasteiger partial charge in [0.25, 0.3) is 5.91 Å². The van der Waals surface area contributed by atoms with E-state index < -0.39 is 0 Å². The number of anilines is 1. The number of pyridine rings is 1. The Morgan fingerprint density at radius 3 is 2.83 bits per heavy atom. The lowest BCUT2D eigenvalue weighted by Crippen LogP contribution is -2.22. The van der Waals surface area contributed by atoms with E-state index in [4.69, 9.17) is 5.73 Å². The molecule has 92 valence electrons. The minimum absolute atomic E-state index is 0.149. The third-order valence-corrected chi connectivity index (χ3v) is 2.58. The van der Waals surface area contributed by atoms with Crippen molar-refractivity contribution in [3.05, 3.63) is 59.3 Å². The zero-order chi connectivity index (χ0) is 13.0. The van der Waals surface area contributed by atoms with Crippen LogP contribution in [0, 0.1) is 6.92 Å². The molecular formula is C14H15N3O. The number of rotatable bonds is 3. The van der Waals surface area contributed by atoms with E-state index in [1.54, 1.807) is 12.1 Å². The number of hydrogen-bond acceptors (Lipinski definition) is 3. The number of nitrogens with two attached hydrogens (primary N) is 1. The molecule has 0 saturated carbocycles. The molecular weight excluding hydrogens is 226 g/mol. The molecule has 1 heterocycles. The van der Waals surface area contributed by atoms with Crippen LogP contribution in [-0.4, -0.2) is 10.9 Å². The van der Waals surface area contributed by atoms with E-state index in [2.05, 4.69) is 10.3 Å². The lowest BCUT2D eigenvalue weighted by Gasteiger charge is -2.06. The SMILES string of the molecule is Cc1cccc(CNC(=O)c2ccc(N)nc2)c1. The fourth-order valence-corrected chi connectivity index (χ4v) is 1.65. The van der Waals surface area contributed by atoms with Crippen LogP contribution in [0.25, 0.3) is 0 Å². The van der Waals surface area contributed by atoms with Crippen molar-refractivity contribution >= 4 is 11.7 Å². The number of hydrogen-bond donors (Lipinski definition) is 2. The fraction of sp³-hybridized carbons (Fsp3) is 0.143. The number of carbonyl (C=O) groups is 1. The van der Waals surface area contributed by atoms with Crippen molar-refractivity contribution in [3.8, 4) is 0 Å². The molecule has 0 aliphatic heterocycles. The van der Waals surface area contributed by atoms with Crippen LogP contribution in [0.3, 0.4) is 0 Å². The lowest BCUT2D eigenvalue weighted by molar-refractivity contribution is 0.0950. The normalized spacial score (nSPS) is 10.1. The molecule has 4 nitrogen and oxygen atoms in total. The predicted octanol–water partition coefficient (Wildman–Crippen LogP) is 1.90. The van der Waals surface area contributed by atoms with E-state index in [1.165, 1.54) is 11.8 Å². The number of nitrogens with one attached hydrogen (secondary N) is 1. The first-order valence-corrected chi connectivity index (χ1v) is 5.70.